The number of nitrogens with two attached hydrogens (primary N) is 2. The molecule has 0 radical (unpaired) electrons. The molecule has 0 spiro atoms. The number of nitrogen functional groups attached to an aromatic ring is 1. The van der Waals surface area contributed by atoms with Gasteiger partial charge in [-0.25, -0.2) is 4.79 Å². The van der Waals surface area contributed by atoms with Gasteiger partial charge in [0.25, 0.3) is 0 Å². The van der Waals surface area contributed by atoms with Crippen molar-refractivity contribution >= 4 is 17.5 Å². The van der Waals surface area contributed by atoms with Crippen LogP contribution in [0.5, 0.6) is 11.5 Å². The Bertz CT molecular complexity index is 498. The fourth-order valence-corrected chi connectivity index (χ4v) is 2.08. The second-order valence-electron chi connectivity index (χ2n) is 4.31. The summed E-state index contributed by atoms with van der Waals surface area (Å²) in [6.45, 7) is 4.09. The molecule has 1 aromatic carbocycles. The van der Waals surface area contributed by atoms with Gasteiger partial charge in [-0.2, -0.15) is 0 Å². The minimum atomic E-state index is -0.943. The Labute approximate surface area is 110 Å². The first kappa shape index (κ1) is 13.3. The Kier molecular flexibility index (Phi) is 3.66. The maximum atomic E-state index is 10.8. The van der Waals surface area contributed by atoms with E-state index < -0.39 is 6.09 Å². The van der Waals surface area contributed by atoms with Gasteiger partial charge in [0.15, 0.2) is 0 Å². The molecule has 7 nitrogen and oxygen atoms in total. The molecule has 0 unspecified atom stereocenters. The standard InChI is InChI=1S/C12H17N3O4/c1-7-9(19-12(14)17)6-8(13)10(11(7)16)15-2-4-18-5-3-15/h6,16H,2-5,13H2,1H3,(H2,14,17). The quantitative estimate of drug-likeness (QED) is 0.676. The van der Waals surface area contributed by atoms with E-state index in [9.17, 15) is 9.90 Å². The average Bonchev–Trinajstić information content (AvgIpc) is 2.36. The van der Waals surface area contributed by atoms with Gasteiger partial charge in [0.05, 0.1) is 18.9 Å². The molecule has 1 aliphatic heterocycles. The summed E-state index contributed by atoms with van der Waals surface area (Å²) in [5.74, 6) is 0.164. The minimum absolute atomic E-state index is 0.00171. The number of anilines is 2. The van der Waals surface area contributed by atoms with Crippen LogP contribution < -0.4 is 21.1 Å². The van der Waals surface area contributed by atoms with Gasteiger partial charge in [0.1, 0.15) is 17.2 Å². The normalized spacial score (nSPS) is 15.3. The van der Waals surface area contributed by atoms with Gasteiger partial charge in [-0.05, 0) is 6.92 Å². The van der Waals surface area contributed by atoms with Crippen LogP contribution in [0.4, 0.5) is 16.2 Å². The topological polar surface area (TPSA) is 111 Å². The maximum absolute atomic E-state index is 10.8. The molecule has 1 fully saturated rings. The lowest BCUT2D eigenvalue weighted by molar-refractivity contribution is 0.122. The van der Waals surface area contributed by atoms with Crippen molar-refractivity contribution in [2.75, 3.05) is 36.9 Å². The van der Waals surface area contributed by atoms with Gasteiger partial charge >= 0.3 is 6.09 Å². The SMILES string of the molecule is Cc1c(OC(N)=O)cc(N)c(N2CCOCC2)c1O. The van der Waals surface area contributed by atoms with Gasteiger partial charge in [0, 0.05) is 24.7 Å². The molecule has 1 saturated heterocycles. The zero-order valence-electron chi connectivity index (χ0n) is 10.7. The number of rotatable bonds is 2. The van der Waals surface area contributed by atoms with Crippen molar-refractivity contribution in [2.45, 2.75) is 6.92 Å². The monoisotopic (exact) mass is 267 g/mol. The Morgan fingerprint density at radius 3 is 2.68 bits per heavy atom. The third-order valence-electron chi connectivity index (χ3n) is 3.05. The van der Waals surface area contributed by atoms with Crippen LogP contribution in [0.2, 0.25) is 0 Å². The summed E-state index contributed by atoms with van der Waals surface area (Å²) in [6, 6.07) is 1.49. The van der Waals surface area contributed by atoms with E-state index in [1.807, 2.05) is 4.90 Å². The van der Waals surface area contributed by atoms with E-state index in [0.717, 1.165) is 0 Å². The average molecular weight is 267 g/mol. The minimum Gasteiger partial charge on any atom is -0.505 e. The summed E-state index contributed by atoms with van der Waals surface area (Å²) in [5, 5.41) is 10.2. The van der Waals surface area contributed by atoms with Crippen molar-refractivity contribution in [2.24, 2.45) is 5.73 Å². The van der Waals surface area contributed by atoms with Crippen molar-refractivity contribution in [1.82, 2.24) is 0 Å². The molecule has 1 aliphatic rings. The van der Waals surface area contributed by atoms with Crippen LogP contribution in [0.15, 0.2) is 6.07 Å². The first-order valence-electron chi connectivity index (χ1n) is 5.92. The lowest BCUT2D eigenvalue weighted by Crippen LogP contribution is -2.36. The first-order chi connectivity index (χ1) is 9.00. The van der Waals surface area contributed by atoms with Crippen LogP contribution in [0.1, 0.15) is 5.56 Å². The zero-order chi connectivity index (χ0) is 14.0. The van der Waals surface area contributed by atoms with E-state index >= 15 is 0 Å². The number of hydrogen-bond donors (Lipinski definition) is 3. The second kappa shape index (κ2) is 5.23. The van der Waals surface area contributed by atoms with Crippen molar-refractivity contribution in [3.8, 4) is 11.5 Å². The van der Waals surface area contributed by atoms with Crippen LogP contribution in [0.3, 0.4) is 0 Å². The van der Waals surface area contributed by atoms with Crippen LogP contribution in [0, 0.1) is 6.92 Å². The van der Waals surface area contributed by atoms with Crippen molar-refractivity contribution in [1.29, 1.82) is 0 Å². The fourth-order valence-electron chi connectivity index (χ4n) is 2.08. The molecular weight excluding hydrogens is 250 g/mol. The molecule has 1 amide bonds. The zero-order valence-corrected chi connectivity index (χ0v) is 10.7. The highest BCUT2D eigenvalue weighted by Gasteiger charge is 2.22. The number of benzene rings is 1. The summed E-state index contributed by atoms with van der Waals surface area (Å²) in [4.78, 5) is 12.7. The van der Waals surface area contributed by atoms with Crippen molar-refractivity contribution in [3.63, 3.8) is 0 Å². The molecule has 1 aromatic rings. The summed E-state index contributed by atoms with van der Waals surface area (Å²) in [7, 11) is 0. The van der Waals surface area contributed by atoms with Crippen molar-refractivity contribution < 1.29 is 19.4 Å². The Hall–Kier alpha value is -2.15. The van der Waals surface area contributed by atoms with E-state index in [-0.39, 0.29) is 11.5 Å². The predicted molar refractivity (Wildman–Crippen MR) is 70.5 cm³/mol. The summed E-state index contributed by atoms with van der Waals surface area (Å²) in [5.41, 5.74) is 12.2. The Morgan fingerprint density at radius 1 is 1.47 bits per heavy atom. The fraction of sp³-hybridized carbons (Fsp3) is 0.417. The Balaban J connectivity index is 2.39. The number of aromatic hydroxyl groups is 1. The third-order valence-corrected chi connectivity index (χ3v) is 3.05. The molecule has 5 N–H and O–H groups in total. The van der Waals surface area contributed by atoms with E-state index in [1.165, 1.54) is 6.07 Å². The van der Waals surface area contributed by atoms with Gasteiger partial charge in [0.2, 0.25) is 0 Å². The highest BCUT2D eigenvalue weighted by atomic mass is 16.5. The molecule has 0 aromatic heterocycles. The molecule has 0 atom stereocenters. The van der Waals surface area contributed by atoms with Crippen LogP contribution in [-0.2, 0) is 4.74 Å². The number of primary amides is 1. The molecule has 0 bridgehead atoms. The van der Waals surface area contributed by atoms with Crippen molar-refractivity contribution in [3.05, 3.63) is 11.6 Å². The Morgan fingerprint density at radius 2 is 2.11 bits per heavy atom. The lowest BCUT2D eigenvalue weighted by atomic mass is 10.1. The first-order valence-corrected chi connectivity index (χ1v) is 5.92. The number of morpholine rings is 1. The molecular formula is C12H17N3O4. The van der Waals surface area contributed by atoms with Crippen LogP contribution >= 0.6 is 0 Å². The number of nitrogens with zero attached hydrogens (tertiary/aromatic N) is 1. The van der Waals surface area contributed by atoms with E-state index in [4.69, 9.17) is 20.9 Å². The second-order valence-corrected chi connectivity index (χ2v) is 4.31. The van der Waals surface area contributed by atoms with Gasteiger partial charge in [-0.1, -0.05) is 0 Å². The van der Waals surface area contributed by atoms with Gasteiger partial charge in [-0.15, -0.1) is 0 Å². The van der Waals surface area contributed by atoms with Gasteiger partial charge in [-0.3, -0.25) is 0 Å². The predicted octanol–water partition coefficient (Wildman–Crippen LogP) is 0.577. The van der Waals surface area contributed by atoms with Crippen LogP contribution in [-0.4, -0.2) is 37.5 Å². The molecule has 1 heterocycles. The summed E-state index contributed by atoms with van der Waals surface area (Å²) >= 11 is 0. The number of hydrogen-bond acceptors (Lipinski definition) is 6. The number of ether oxygens (including phenoxy) is 2. The molecule has 19 heavy (non-hydrogen) atoms. The third kappa shape index (κ3) is 2.65. The van der Waals surface area contributed by atoms with E-state index in [1.54, 1.807) is 6.92 Å². The highest BCUT2D eigenvalue weighted by Crippen LogP contribution is 2.41. The molecule has 0 saturated carbocycles. The lowest BCUT2D eigenvalue weighted by Gasteiger charge is -2.31. The number of phenolic OH excluding ortho intramolecular Hbond substituents is 1. The molecule has 0 aliphatic carbocycles. The van der Waals surface area contributed by atoms with Gasteiger partial charge < -0.3 is 30.9 Å². The van der Waals surface area contributed by atoms with Crippen LogP contribution in [0.25, 0.3) is 0 Å². The van der Waals surface area contributed by atoms with E-state index in [2.05, 4.69) is 0 Å². The smallest absolute Gasteiger partial charge is 0.409 e. The number of phenols is 1. The highest BCUT2D eigenvalue weighted by molar-refractivity contribution is 5.80. The number of carbonyl (C=O) groups is 1. The molecule has 2 rings (SSSR count). The number of amides is 1. The number of carbonyl (C=O) groups excluding carboxylic acids is 1. The summed E-state index contributed by atoms with van der Waals surface area (Å²) < 4.78 is 10.1. The molecule has 104 valence electrons. The largest absolute Gasteiger partial charge is 0.505 e. The molecule has 7 heteroatoms. The summed E-state index contributed by atoms with van der Waals surface area (Å²) in [6.07, 6.45) is -0.943. The van der Waals surface area contributed by atoms with E-state index in [0.29, 0.717) is 43.2 Å². The maximum Gasteiger partial charge on any atom is 0.409 e.